The zero-order valence-corrected chi connectivity index (χ0v) is 21.8. The Morgan fingerprint density at radius 3 is 2.15 bits per heavy atom. The molecule has 39 heavy (non-hydrogen) atoms. The van der Waals surface area contributed by atoms with Crippen LogP contribution in [0.15, 0.2) is 139 Å². The van der Waals surface area contributed by atoms with Crippen LogP contribution in [0.1, 0.15) is 30.4 Å². The zero-order chi connectivity index (χ0) is 26.2. The molecule has 4 aromatic carbocycles. The van der Waals surface area contributed by atoms with Crippen LogP contribution < -0.4 is 0 Å². The predicted octanol–water partition coefficient (Wildman–Crippen LogP) is 9.58. The van der Waals surface area contributed by atoms with E-state index < -0.39 is 0 Å². The summed E-state index contributed by atoms with van der Waals surface area (Å²) in [5, 5.41) is 2.58. The van der Waals surface area contributed by atoms with E-state index in [0.717, 1.165) is 24.7 Å². The highest BCUT2D eigenvalue weighted by molar-refractivity contribution is 6.23. The van der Waals surface area contributed by atoms with Gasteiger partial charge in [-0.2, -0.15) is 0 Å². The minimum atomic E-state index is 0.794. The molecule has 0 saturated heterocycles. The van der Waals surface area contributed by atoms with Crippen molar-refractivity contribution < 1.29 is 0 Å². The Kier molecular flexibility index (Phi) is 6.02. The lowest BCUT2D eigenvalue weighted by Crippen LogP contribution is -2.01. The molecule has 5 aromatic rings. The summed E-state index contributed by atoms with van der Waals surface area (Å²) >= 11 is 0. The normalized spacial score (nSPS) is 15.5. The fourth-order valence-corrected chi connectivity index (χ4v) is 5.92. The molecule has 2 heteroatoms. The topological polar surface area (TPSA) is 4.93 Å². The van der Waals surface area contributed by atoms with Crippen molar-refractivity contribution in [3.8, 4) is 11.1 Å². The average Bonchev–Trinajstić information content (AvgIpc) is 3.16. The number of nitrogens with zero attached hydrogens (tertiary/aromatic N) is 1. The maximum atomic E-state index is 6.00. The fraction of sp³-hybridized carbons (Fsp3) is 0.0811. The van der Waals surface area contributed by atoms with E-state index >= 15 is 0 Å². The maximum Gasteiger partial charge on any atom is 0.113 e. The number of aromatic nitrogens is 1. The Morgan fingerprint density at radius 1 is 0.538 bits per heavy atom. The van der Waals surface area contributed by atoms with Gasteiger partial charge in [0.1, 0.15) is 7.85 Å². The molecular formula is C37H28BN. The molecule has 2 radical (unpaired) electrons. The summed E-state index contributed by atoms with van der Waals surface area (Å²) in [6, 6.07) is 35.3. The van der Waals surface area contributed by atoms with Crippen LogP contribution in [0.2, 0.25) is 0 Å². The molecule has 0 fully saturated rings. The third-order valence-corrected chi connectivity index (χ3v) is 7.92. The molecule has 184 valence electrons. The third-order valence-electron chi connectivity index (χ3n) is 7.92. The highest BCUT2D eigenvalue weighted by Crippen LogP contribution is 2.38. The molecule has 1 nitrogen and oxygen atoms in total. The molecule has 2 aliphatic carbocycles. The van der Waals surface area contributed by atoms with Gasteiger partial charge in [-0.25, -0.2) is 0 Å². The van der Waals surface area contributed by atoms with Gasteiger partial charge in [-0.15, -0.1) is 0 Å². The van der Waals surface area contributed by atoms with Gasteiger partial charge in [-0.1, -0.05) is 109 Å². The summed E-state index contributed by atoms with van der Waals surface area (Å²) < 4.78 is 2.46. The molecule has 0 bridgehead atoms. The second-order valence-corrected chi connectivity index (χ2v) is 10.3. The molecule has 0 amide bonds. The number of rotatable bonds is 4. The molecule has 0 aliphatic heterocycles. The minimum Gasteiger partial charge on any atom is -0.313 e. The molecule has 7 rings (SSSR count). The predicted molar refractivity (Wildman–Crippen MR) is 168 cm³/mol. The lowest BCUT2D eigenvalue weighted by Gasteiger charge is -2.18. The SMILES string of the molecule is [B]C1=CC=C(c2cccc(-c3ccc4c(c3)c3ccccc3n4C3=CC=C(c4ccccc4)CC3)c2)CC=C1. The van der Waals surface area contributed by atoms with Crippen molar-refractivity contribution in [3.63, 3.8) is 0 Å². The van der Waals surface area contributed by atoms with Crippen molar-refractivity contribution in [2.24, 2.45) is 0 Å². The van der Waals surface area contributed by atoms with Crippen LogP contribution >= 0.6 is 0 Å². The van der Waals surface area contributed by atoms with Gasteiger partial charge in [0.05, 0.1) is 11.0 Å². The second kappa shape index (κ2) is 9.96. The summed E-state index contributed by atoms with van der Waals surface area (Å²) in [5.74, 6) is 0. The highest BCUT2D eigenvalue weighted by Gasteiger charge is 2.17. The third kappa shape index (κ3) is 4.43. The van der Waals surface area contributed by atoms with E-state index in [1.54, 1.807) is 0 Å². The first-order valence-corrected chi connectivity index (χ1v) is 13.7. The quantitative estimate of drug-likeness (QED) is 0.218. The average molecular weight is 497 g/mol. The Balaban J connectivity index is 1.31. The van der Waals surface area contributed by atoms with Crippen LogP contribution in [-0.4, -0.2) is 12.4 Å². The molecule has 1 aromatic heterocycles. The standard InChI is InChI=1S/C37H28BN/c38-32-13-7-10-27(16-20-32)29-11-6-12-30(24-29)31-19-23-37-35(25-31)34-14-4-5-15-36(34)39(37)33-21-17-28(18-22-33)26-8-2-1-3-9-26/h1-9,11-17,19-21,23-25H,10,18,22H2. The minimum absolute atomic E-state index is 0.794. The second-order valence-electron chi connectivity index (χ2n) is 10.3. The summed E-state index contributed by atoms with van der Waals surface area (Å²) in [4.78, 5) is 0. The fourth-order valence-electron chi connectivity index (χ4n) is 5.92. The van der Waals surface area contributed by atoms with Crippen LogP contribution in [-0.2, 0) is 0 Å². The first-order valence-electron chi connectivity index (χ1n) is 13.7. The number of para-hydroxylation sites is 1. The Morgan fingerprint density at radius 2 is 1.28 bits per heavy atom. The van der Waals surface area contributed by atoms with E-state index in [2.05, 4.69) is 126 Å². The van der Waals surface area contributed by atoms with Gasteiger partial charge in [-0.3, -0.25) is 0 Å². The summed E-state index contributed by atoms with van der Waals surface area (Å²) in [5.41, 5.74) is 12.4. The molecule has 0 spiro atoms. The number of hydrogen-bond acceptors (Lipinski definition) is 0. The number of benzene rings is 4. The largest absolute Gasteiger partial charge is 0.313 e. The lowest BCUT2D eigenvalue weighted by atomic mass is 9.95. The molecular weight excluding hydrogens is 469 g/mol. The van der Waals surface area contributed by atoms with Crippen LogP contribution in [0.25, 0.3) is 49.8 Å². The van der Waals surface area contributed by atoms with Crippen LogP contribution in [0, 0.1) is 0 Å². The van der Waals surface area contributed by atoms with Crippen molar-refractivity contribution >= 4 is 46.5 Å². The molecule has 0 N–H and O–H groups in total. The van der Waals surface area contributed by atoms with Crippen LogP contribution in [0.3, 0.4) is 0 Å². The Labute approximate surface area is 231 Å². The maximum absolute atomic E-state index is 6.00. The summed E-state index contributed by atoms with van der Waals surface area (Å²) in [6.45, 7) is 0. The van der Waals surface area contributed by atoms with E-state index in [1.807, 2.05) is 12.2 Å². The van der Waals surface area contributed by atoms with Gasteiger partial charge in [0.2, 0.25) is 0 Å². The zero-order valence-electron chi connectivity index (χ0n) is 21.8. The Bertz CT molecular complexity index is 1880. The van der Waals surface area contributed by atoms with Gasteiger partial charge in [0, 0.05) is 16.5 Å². The summed E-state index contributed by atoms with van der Waals surface area (Å²) in [7, 11) is 6.00. The van der Waals surface area contributed by atoms with Crippen molar-refractivity contribution in [1.82, 2.24) is 4.57 Å². The van der Waals surface area contributed by atoms with E-state index in [0.29, 0.717) is 0 Å². The van der Waals surface area contributed by atoms with Gasteiger partial charge >= 0.3 is 0 Å². The smallest absolute Gasteiger partial charge is 0.113 e. The lowest BCUT2D eigenvalue weighted by molar-refractivity contribution is 0.992. The van der Waals surface area contributed by atoms with E-state index in [4.69, 9.17) is 7.85 Å². The molecule has 0 unspecified atom stereocenters. The van der Waals surface area contributed by atoms with Gasteiger partial charge in [0.25, 0.3) is 0 Å². The molecule has 2 aliphatic rings. The number of hydrogen-bond donors (Lipinski definition) is 0. The van der Waals surface area contributed by atoms with Crippen molar-refractivity contribution in [3.05, 3.63) is 150 Å². The van der Waals surface area contributed by atoms with Crippen molar-refractivity contribution in [2.75, 3.05) is 0 Å². The van der Waals surface area contributed by atoms with Gasteiger partial charge in [0.15, 0.2) is 0 Å². The number of allylic oxidation sites excluding steroid dienone is 10. The first-order chi connectivity index (χ1) is 19.2. The molecule has 1 heterocycles. The number of fused-ring (bicyclic) bond motifs is 3. The van der Waals surface area contributed by atoms with Crippen LogP contribution in [0.5, 0.6) is 0 Å². The molecule has 0 saturated carbocycles. The monoisotopic (exact) mass is 497 g/mol. The highest BCUT2D eigenvalue weighted by atomic mass is 15.0. The van der Waals surface area contributed by atoms with Crippen LogP contribution in [0.4, 0.5) is 0 Å². The Hall–Kier alpha value is -4.56. The van der Waals surface area contributed by atoms with Gasteiger partial charge in [-0.05, 0) is 83.0 Å². The van der Waals surface area contributed by atoms with E-state index in [-0.39, 0.29) is 0 Å². The van der Waals surface area contributed by atoms with Gasteiger partial charge < -0.3 is 4.57 Å². The summed E-state index contributed by atoms with van der Waals surface area (Å²) in [6.07, 6.45) is 15.8. The molecule has 0 atom stereocenters. The van der Waals surface area contributed by atoms with E-state index in [1.165, 1.54) is 60.9 Å². The van der Waals surface area contributed by atoms with Crippen molar-refractivity contribution in [2.45, 2.75) is 19.3 Å². The first kappa shape index (κ1) is 23.6. The van der Waals surface area contributed by atoms with Crippen molar-refractivity contribution in [1.29, 1.82) is 0 Å². The van der Waals surface area contributed by atoms with E-state index in [9.17, 15) is 0 Å².